The van der Waals surface area contributed by atoms with Gasteiger partial charge in [-0.1, -0.05) is 0 Å². The van der Waals surface area contributed by atoms with Gasteiger partial charge in [0.25, 0.3) is 0 Å². The van der Waals surface area contributed by atoms with Crippen LogP contribution in [0.4, 0.5) is 10.1 Å². The Morgan fingerprint density at radius 1 is 0.719 bits per heavy atom. The summed E-state index contributed by atoms with van der Waals surface area (Å²) in [5.41, 5.74) is 2.14. The average molecular weight is 444 g/mol. The summed E-state index contributed by atoms with van der Waals surface area (Å²) >= 11 is 0. The van der Waals surface area contributed by atoms with E-state index in [1.807, 2.05) is 68.4 Å². The Hall–Kier alpha value is -3.29. The Balaban J connectivity index is 1.84. The van der Waals surface area contributed by atoms with Crippen LogP contribution in [0.15, 0.2) is 103 Å². The molecule has 0 bridgehead atoms. The third kappa shape index (κ3) is 4.35. The molecule has 0 fully saturated rings. The molecule has 1 amide bonds. The number of nitrogens with one attached hydrogen (secondary N) is 1. The van der Waals surface area contributed by atoms with Crippen molar-refractivity contribution in [2.75, 3.05) is 11.5 Å². The molecule has 4 aromatic rings. The van der Waals surface area contributed by atoms with Gasteiger partial charge >= 0.3 is 189 Å². The molecule has 162 valence electrons. The molecule has 4 aromatic carbocycles. The van der Waals surface area contributed by atoms with Crippen molar-refractivity contribution in [3.05, 3.63) is 120 Å². The van der Waals surface area contributed by atoms with E-state index in [1.54, 1.807) is 0 Å². The van der Waals surface area contributed by atoms with Crippen LogP contribution in [0.2, 0.25) is 0 Å². The van der Waals surface area contributed by atoms with Gasteiger partial charge in [-0.15, -0.1) is 0 Å². The monoisotopic (exact) mass is 443 g/mol. The van der Waals surface area contributed by atoms with Gasteiger partial charge in [0.15, 0.2) is 0 Å². The molecule has 0 atom stereocenters. The first kappa shape index (κ1) is 21.9. The molecule has 0 aliphatic rings. The number of aryl methyl sites for hydroxylation is 2. The van der Waals surface area contributed by atoms with Gasteiger partial charge in [-0.2, -0.15) is 0 Å². The number of carbonyl (C=O) groups is 1. The standard InChI is InChI=1S/C28H27FNOP/c1-21-18-23(29)19-22(2)28(21)30-27(31)20-32(24-12-6-3-7-13-24,25-14-8-4-9-15-25)26-16-10-5-11-17-26/h3-19,32H,20H2,1-2H3,(H,30,31). The Labute approximate surface area is 189 Å². The van der Waals surface area contributed by atoms with Crippen molar-refractivity contribution in [1.29, 1.82) is 0 Å². The van der Waals surface area contributed by atoms with Crippen LogP contribution in [-0.2, 0) is 4.79 Å². The van der Waals surface area contributed by atoms with Gasteiger partial charge in [-0.25, -0.2) is 0 Å². The second-order valence-electron chi connectivity index (χ2n) is 8.14. The normalized spacial score (nSPS) is 11.7. The van der Waals surface area contributed by atoms with Crippen LogP contribution in [0.25, 0.3) is 0 Å². The number of hydrogen-bond acceptors (Lipinski definition) is 1. The van der Waals surface area contributed by atoms with Gasteiger partial charge in [0.1, 0.15) is 0 Å². The van der Waals surface area contributed by atoms with Gasteiger partial charge in [0.05, 0.1) is 0 Å². The van der Waals surface area contributed by atoms with Crippen LogP contribution >= 0.6 is 7.26 Å². The number of amides is 1. The number of rotatable bonds is 6. The quantitative estimate of drug-likeness (QED) is 0.413. The number of benzene rings is 4. The Morgan fingerprint density at radius 2 is 1.09 bits per heavy atom. The van der Waals surface area contributed by atoms with E-state index in [4.69, 9.17) is 0 Å². The van der Waals surface area contributed by atoms with E-state index in [0.29, 0.717) is 11.8 Å². The van der Waals surface area contributed by atoms with Crippen molar-refractivity contribution in [2.45, 2.75) is 13.8 Å². The summed E-state index contributed by atoms with van der Waals surface area (Å²) in [4.78, 5) is 13.6. The first-order chi connectivity index (χ1) is 15.5. The molecule has 4 heteroatoms. The van der Waals surface area contributed by atoms with Crippen LogP contribution in [-0.4, -0.2) is 12.1 Å². The maximum absolute atomic E-state index is 13.8. The molecule has 0 saturated heterocycles. The van der Waals surface area contributed by atoms with Gasteiger partial charge in [0, 0.05) is 0 Å². The zero-order valence-electron chi connectivity index (χ0n) is 18.3. The Morgan fingerprint density at radius 3 is 1.47 bits per heavy atom. The van der Waals surface area contributed by atoms with E-state index < -0.39 is 7.26 Å². The summed E-state index contributed by atoms with van der Waals surface area (Å²) in [6.45, 7) is 3.64. The predicted molar refractivity (Wildman–Crippen MR) is 136 cm³/mol. The number of halogens is 1. The predicted octanol–water partition coefficient (Wildman–Crippen LogP) is 5.11. The van der Waals surface area contributed by atoms with Crippen molar-refractivity contribution < 1.29 is 9.18 Å². The fourth-order valence-electron chi connectivity index (χ4n) is 4.51. The fourth-order valence-corrected chi connectivity index (χ4v) is 8.97. The molecular formula is C28H27FNOP. The summed E-state index contributed by atoms with van der Waals surface area (Å²) in [5.74, 6) is -0.356. The van der Waals surface area contributed by atoms with E-state index in [0.717, 1.165) is 11.1 Å². The molecule has 0 saturated carbocycles. The zero-order chi connectivity index (χ0) is 22.6. The molecule has 0 spiro atoms. The minimum absolute atomic E-state index is 0.0639. The van der Waals surface area contributed by atoms with E-state index in [-0.39, 0.29) is 11.7 Å². The van der Waals surface area contributed by atoms with Crippen molar-refractivity contribution in [1.82, 2.24) is 0 Å². The molecular weight excluding hydrogens is 416 g/mol. The van der Waals surface area contributed by atoms with Crippen molar-refractivity contribution in [3.8, 4) is 0 Å². The summed E-state index contributed by atoms with van der Waals surface area (Å²) < 4.78 is 13.8. The van der Waals surface area contributed by atoms with Crippen LogP contribution < -0.4 is 21.2 Å². The topological polar surface area (TPSA) is 29.1 Å². The van der Waals surface area contributed by atoms with Gasteiger partial charge in [0.2, 0.25) is 0 Å². The Kier molecular flexibility index (Phi) is 6.48. The molecule has 2 nitrogen and oxygen atoms in total. The third-order valence-electron chi connectivity index (χ3n) is 5.99. The summed E-state index contributed by atoms with van der Waals surface area (Å²) in [5, 5.41) is 6.64. The molecule has 0 aromatic heterocycles. The van der Waals surface area contributed by atoms with Crippen LogP contribution in [0.1, 0.15) is 11.1 Å². The van der Waals surface area contributed by atoms with Gasteiger partial charge in [-0.3, -0.25) is 0 Å². The van der Waals surface area contributed by atoms with Gasteiger partial charge < -0.3 is 0 Å². The van der Waals surface area contributed by atoms with Crippen LogP contribution in [0.5, 0.6) is 0 Å². The molecule has 32 heavy (non-hydrogen) atoms. The van der Waals surface area contributed by atoms with Crippen LogP contribution in [0.3, 0.4) is 0 Å². The second-order valence-corrected chi connectivity index (χ2v) is 12.0. The second kappa shape index (κ2) is 9.46. The van der Waals surface area contributed by atoms with Crippen LogP contribution in [0, 0.1) is 19.7 Å². The van der Waals surface area contributed by atoms with E-state index in [2.05, 4.69) is 41.7 Å². The molecule has 1 N–H and O–H groups in total. The fraction of sp³-hybridized carbons (Fsp3) is 0.107. The van der Waals surface area contributed by atoms with Gasteiger partial charge in [-0.05, 0) is 0 Å². The summed E-state index contributed by atoms with van der Waals surface area (Å²) in [7, 11) is -2.67. The molecule has 0 radical (unpaired) electrons. The summed E-state index contributed by atoms with van der Waals surface area (Å²) in [6.07, 6.45) is 0.349. The molecule has 0 aliphatic carbocycles. The minimum atomic E-state index is -2.67. The van der Waals surface area contributed by atoms with E-state index in [1.165, 1.54) is 28.0 Å². The third-order valence-corrected chi connectivity index (χ3v) is 10.8. The number of hydrogen-bond donors (Lipinski definition) is 1. The maximum atomic E-state index is 13.8. The molecule has 4 rings (SSSR count). The summed E-state index contributed by atoms with van der Waals surface area (Å²) in [6, 6.07) is 33.9. The molecule has 0 heterocycles. The molecule has 0 unspecified atom stereocenters. The molecule has 0 aliphatic heterocycles. The van der Waals surface area contributed by atoms with Crippen molar-refractivity contribution in [2.24, 2.45) is 0 Å². The number of carbonyl (C=O) groups excluding carboxylic acids is 1. The van der Waals surface area contributed by atoms with E-state index in [9.17, 15) is 9.18 Å². The Bertz CT molecular complexity index is 1090. The first-order valence-corrected chi connectivity index (χ1v) is 12.9. The van der Waals surface area contributed by atoms with Crippen molar-refractivity contribution in [3.63, 3.8) is 0 Å². The van der Waals surface area contributed by atoms with E-state index >= 15 is 0 Å². The number of anilines is 1. The average Bonchev–Trinajstić information content (AvgIpc) is 2.81. The SMILES string of the molecule is Cc1cc(F)cc(C)c1NC(=O)C[PH](c1ccccc1)(c1ccccc1)c1ccccc1. The zero-order valence-corrected chi connectivity index (χ0v) is 19.3. The van der Waals surface area contributed by atoms with Crippen molar-refractivity contribution >= 4 is 34.8 Å². The first-order valence-electron chi connectivity index (χ1n) is 10.7.